The molecule has 0 radical (unpaired) electrons. The van der Waals surface area contributed by atoms with Crippen molar-refractivity contribution >= 4 is 0 Å². The minimum atomic E-state index is 0.661. The molecule has 90 valence electrons. The maximum absolute atomic E-state index is 5.57. The van der Waals surface area contributed by atoms with Crippen LogP contribution in [0.1, 0.15) is 26.0 Å². The van der Waals surface area contributed by atoms with E-state index in [1.165, 1.54) is 0 Å². The molecule has 1 aromatic rings. The molecule has 0 saturated carbocycles. The summed E-state index contributed by atoms with van der Waals surface area (Å²) < 4.78 is 0. The monoisotopic (exact) mass is 221 g/mol. The fourth-order valence-corrected chi connectivity index (χ4v) is 1.84. The van der Waals surface area contributed by atoms with Crippen LogP contribution < -0.4 is 5.73 Å². The molecule has 2 N–H and O–H groups in total. The summed E-state index contributed by atoms with van der Waals surface area (Å²) in [5.74, 6) is 0.661. The molecule has 16 heavy (non-hydrogen) atoms. The van der Waals surface area contributed by atoms with Crippen molar-refractivity contribution in [1.82, 2.24) is 9.88 Å². The predicted octanol–water partition coefficient (Wildman–Crippen LogP) is 1.89. The summed E-state index contributed by atoms with van der Waals surface area (Å²) in [6.07, 6.45) is 2.95. The number of hydrogen-bond acceptors (Lipinski definition) is 3. The van der Waals surface area contributed by atoms with Gasteiger partial charge in [0.05, 0.1) is 5.69 Å². The Kier molecular flexibility index (Phi) is 6.04. The van der Waals surface area contributed by atoms with Gasteiger partial charge in [0.2, 0.25) is 0 Å². The van der Waals surface area contributed by atoms with Crippen molar-refractivity contribution < 1.29 is 0 Å². The molecule has 3 heteroatoms. The molecule has 1 atom stereocenters. The smallest absolute Gasteiger partial charge is 0.0543 e. The first-order valence-corrected chi connectivity index (χ1v) is 6.08. The Labute approximate surface area is 98.7 Å². The number of nitrogens with zero attached hydrogens (tertiary/aromatic N) is 2. The molecule has 1 heterocycles. The molecule has 0 amide bonds. The van der Waals surface area contributed by atoms with Gasteiger partial charge in [0, 0.05) is 19.3 Å². The fourth-order valence-electron chi connectivity index (χ4n) is 1.84. The van der Waals surface area contributed by atoms with E-state index in [0.29, 0.717) is 5.92 Å². The summed E-state index contributed by atoms with van der Waals surface area (Å²) in [6.45, 7) is 8.33. The molecule has 1 aromatic heterocycles. The van der Waals surface area contributed by atoms with E-state index < -0.39 is 0 Å². The van der Waals surface area contributed by atoms with E-state index >= 15 is 0 Å². The van der Waals surface area contributed by atoms with Gasteiger partial charge in [-0.2, -0.15) is 0 Å². The average Bonchev–Trinajstić information content (AvgIpc) is 2.30. The zero-order valence-corrected chi connectivity index (χ0v) is 10.4. The van der Waals surface area contributed by atoms with Gasteiger partial charge in [-0.15, -0.1) is 0 Å². The molecule has 1 rings (SSSR count). The van der Waals surface area contributed by atoms with Gasteiger partial charge in [-0.25, -0.2) is 0 Å². The molecule has 0 aliphatic carbocycles. The van der Waals surface area contributed by atoms with Crippen LogP contribution in [0.4, 0.5) is 0 Å². The summed E-state index contributed by atoms with van der Waals surface area (Å²) in [6, 6.07) is 6.08. The van der Waals surface area contributed by atoms with Crippen LogP contribution in [-0.4, -0.2) is 29.5 Å². The van der Waals surface area contributed by atoms with E-state index in [-0.39, 0.29) is 0 Å². The van der Waals surface area contributed by atoms with E-state index in [4.69, 9.17) is 5.73 Å². The Bertz CT molecular complexity index is 274. The number of pyridine rings is 1. The van der Waals surface area contributed by atoms with Crippen LogP contribution in [0.25, 0.3) is 0 Å². The first kappa shape index (κ1) is 13.1. The molecule has 0 spiro atoms. The van der Waals surface area contributed by atoms with Gasteiger partial charge < -0.3 is 5.73 Å². The lowest BCUT2D eigenvalue weighted by Crippen LogP contribution is -2.29. The van der Waals surface area contributed by atoms with Crippen molar-refractivity contribution in [2.24, 2.45) is 11.7 Å². The number of hydrogen-bond donors (Lipinski definition) is 1. The molecule has 0 aliphatic heterocycles. The molecule has 1 unspecified atom stereocenters. The van der Waals surface area contributed by atoms with Gasteiger partial charge in [0.15, 0.2) is 0 Å². The van der Waals surface area contributed by atoms with Gasteiger partial charge in [0.25, 0.3) is 0 Å². The van der Waals surface area contributed by atoms with Crippen LogP contribution in [0.15, 0.2) is 24.4 Å². The maximum atomic E-state index is 5.57. The molecule has 0 aromatic carbocycles. The summed E-state index contributed by atoms with van der Waals surface area (Å²) >= 11 is 0. The zero-order chi connectivity index (χ0) is 11.8. The third-order valence-electron chi connectivity index (χ3n) is 2.79. The minimum Gasteiger partial charge on any atom is -0.330 e. The Hall–Kier alpha value is -0.930. The van der Waals surface area contributed by atoms with E-state index in [1.54, 1.807) is 0 Å². The molecular formula is C13H23N3. The molecular weight excluding hydrogens is 198 g/mol. The topological polar surface area (TPSA) is 42.2 Å². The van der Waals surface area contributed by atoms with Crippen molar-refractivity contribution in [2.45, 2.75) is 26.8 Å². The molecule has 0 aliphatic rings. The van der Waals surface area contributed by atoms with Crippen molar-refractivity contribution in [3.8, 4) is 0 Å². The highest BCUT2D eigenvalue weighted by atomic mass is 15.1. The lowest BCUT2D eigenvalue weighted by molar-refractivity contribution is 0.234. The maximum Gasteiger partial charge on any atom is 0.0543 e. The van der Waals surface area contributed by atoms with E-state index in [9.17, 15) is 0 Å². The third-order valence-corrected chi connectivity index (χ3v) is 2.79. The standard InChI is InChI=1S/C13H23N3/c1-3-16(10-12(2)7-8-14)11-13-6-4-5-9-15-13/h4-6,9,12H,3,7-8,10-11,14H2,1-2H3. The third kappa shape index (κ3) is 4.73. The molecule has 3 nitrogen and oxygen atoms in total. The first-order chi connectivity index (χ1) is 7.76. The minimum absolute atomic E-state index is 0.661. The van der Waals surface area contributed by atoms with Crippen molar-refractivity contribution in [1.29, 1.82) is 0 Å². The molecule has 0 fully saturated rings. The summed E-state index contributed by atoms with van der Waals surface area (Å²) in [5.41, 5.74) is 6.71. The SMILES string of the molecule is CCN(Cc1ccccn1)CC(C)CCN. The van der Waals surface area contributed by atoms with Gasteiger partial charge in [-0.1, -0.05) is 19.9 Å². The lowest BCUT2D eigenvalue weighted by atomic mass is 10.1. The highest BCUT2D eigenvalue weighted by Crippen LogP contribution is 2.07. The van der Waals surface area contributed by atoms with Crippen LogP contribution >= 0.6 is 0 Å². The van der Waals surface area contributed by atoms with Gasteiger partial charge in [0.1, 0.15) is 0 Å². The number of rotatable bonds is 7. The zero-order valence-electron chi connectivity index (χ0n) is 10.4. The average molecular weight is 221 g/mol. The Balaban J connectivity index is 2.43. The van der Waals surface area contributed by atoms with Crippen LogP contribution in [0.3, 0.4) is 0 Å². The van der Waals surface area contributed by atoms with Crippen LogP contribution in [0.5, 0.6) is 0 Å². The quantitative estimate of drug-likeness (QED) is 0.764. The van der Waals surface area contributed by atoms with Crippen LogP contribution in [-0.2, 0) is 6.54 Å². The highest BCUT2D eigenvalue weighted by Gasteiger charge is 2.08. The summed E-state index contributed by atoms with van der Waals surface area (Å²) in [7, 11) is 0. The second kappa shape index (κ2) is 7.36. The van der Waals surface area contributed by atoms with Crippen molar-refractivity contribution in [3.05, 3.63) is 30.1 Å². The van der Waals surface area contributed by atoms with Gasteiger partial charge in [-0.3, -0.25) is 9.88 Å². The number of aromatic nitrogens is 1. The second-order valence-electron chi connectivity index (χ2n) is 4.33. The Morgan fingerprint density at radius 1 is 1.44 bits per heavy atom. The van der Waals surface area contributed by atoms with Crippen molar-refractivity contribution in [2.75, 3.05) is 19.6 Å². The predicted molar refractivity (Wildman–Crippen MR) is 68.0 cm³/mol. The normalized spacial score (nSPS) is 13.0. The number of nitrogens with two attached hydrogens (primary N) is 1. The molecule has 0 bridgehead atoms. The summed E-state index contributed by atoms with van der Waals surface area (Å²) in [4.78, 5) is 6.77. The van der Waals surface area contributed by atoms with E-state index in [0.717, 1.165) is 38.3 Å². The largest absolute Gasteiger partial charge is 0.330 e. The van der Waals surface area contributed by atoms with Crippen LogP contribution in [0.2, 0.25) is 0 Å². The highest BCUT2D eigenvalue weighted by molar-refractivity contribution is 5.03. The Morgan fingerprint density at radius 3 is 2.81 bits per heavy atom. The first-order valence-electron chi connectivity index (χ1n) is 6.08. The fraction of sp³-hybridized carbons (Fsp3) is 0.615. The van der Waals surface area contributed by atoms with E-state index in [2.05, 4.69) is 29.8 Å². The Morgan fingerprint density at radius 2 is 2.25 bits per heavy atom. The van der Waals surface area contributed by atoms with E-state index in [1.807, 2.05) is 18.3 Å². The lowest BCUT2D eigenvalue weighted by Gasteiger charge is -2.23. The van der Waals surface area contributed by atoms with Crippen LogP contribution in [0, 0.1) is 5.92 Å². The molecule has 0 saturated heterocycles. The second-order valence-corrected chi connectivity index (χ2v) is 4.33. The van der Waals surface area contributed by atoms with Gasteiger partial charge in [-0.05, 0) is 37.6 Å². The summed E-state index contributed by atoms with van der Waals surface area (Å²) in [5, 5.41) is 0. The van der Waals surface area contributed by atoms with Crippen molar-refractivity contribution in [3.63, 3.8) is 0 Å². The van der Waals surface area contributed by atoms with Gasteiger partial charge >= 0.3 is 0 Å².